The number of nitrogens with two attached hydrogens (primary N) is 1. The average molecular weight is 275 g/mol. The minimum Gasteiger partial charge on any atom is -0.497 e. The maximum atomic E-state index is 14.4. The number of benzene rings is 2. The molecular formula is C16H18FNO2. The zero-order valence-electron chi connectivity index (χ0n) is 11.8. The molecule has 0 aromatic heterocycles. The van der Waals surface area contributed by atoms with Crippen LogP contribution >= 0.6 is 0 Å². The topological polar surface area (TPSA) is 44.5 Å². The third-order valence-corrected chi connectivity index (χ3v) is 3.41. The van der Waals surface area contributed by atoms with E-state index < -0.39 is 11.4 Å². The van der Waals surface area contributed by atoms with E-state index in [2.05, 4.69) is 0 Å². The van der Waals surface area contributed by atoms with Gasteiger partial charge in [-0.3, -0.25) is 0 Å². The summed E-state index contributed by atoms with van der Waals surface area (Å²) in [7, 11) is 3.01. The van der Waals surface area contributed by atoms with Crippen LogP contribution in [0.5, 0.6) is 11.5 Å². The molecule has 0 fully saturated rings. The Morgan fingerprint density at radius 1 is 1.05 bits per heavy atom. The molecule has 20 heavy (non-hydrogen) atoms. The van der Waals surface area contributed by atoms with Crippen molar-refractivity contribution in [2.24, 2.45) is 5.73 Å². The Hall–Kier alpha value is -2.07. The van der Waals surface area contributed by atoms with Crippen LogP contribution in [0.2, 0.25) is 0 Å². The molecule has 0 aliphatic carbocycles. The Labute approximate surface area is 118 Å². The van der Waals surface area contributed by atoms with Crippen LogP contribution in [-0.4, -0.2) is 14.2 Å². The van der Waals surface area contributed by atoms with Gasteiger partial charge in [-0.1, -0.05) is 24.3 Å². The maximum absolute atomic E-state index is 14.4. The molecule has 0 aliphatic heterocycles. The largest absolute Gasteiger partial charge is 0.497 e. The van der Waals surface area contributed by atoms with Crippen LogP contribution < -0.4 is 15.2 Å². The lowest BCUT2D eigenvalue weighted by atomic mass is 9.85. The van der Waals surface area contributed by atoms with Gasteiger partial charge in [0.25, 0.3) is 0 Å². The summed E-state index contributed by atoms with van der Waals surface area (Å²) in [6.07, 6.45) is 0. The lowest BCUT2D eigenvalue weighted by Crippen LogP contribution is -2.35. The molecule has 2 aromatic carbocycles. The minimum atomic E-state index is -0.979. The molecule has 4 heteroatoms. The summed E-state index contributed by atoms with van der Waals surface area (Å²) in [4.78, 5) is 0. The summed E-state index contributed by atoms with van der Waals surface area (Å²) >= 11 is 0. The fourth-order valence-electron chi connectivity index (χ4n) is 2.17. The van der Waals surface area contributed by atoms with Crippen molar-refractivity contribution in [1.29, 1.82) is 0 Å². The smallest absolute Gasteiger partial charge is 0.170 e. The zero-order chi connectivity index (χ0) is 14.8. The monoisotopic (exact) mass is 275 g/mol. The summed E-state index contributed by atoms with van der Waals surface area (Å²) in [5.41, 5.74) is 6.52. The second kappa shape index (κ2) is 5.51. The lowest BCUT2D eigenvalue weighted by molar-refractivity contribution is 0.378. The van der Waals surface area contributed by atoms with Gasteiger partial charge in [0.1, 0.15) is 5.75 Å². The van der Waals surface area contributed by atoms with Crippen LogP contribution in [0.4, 0.5) is 4.39 Å². The van der Waals surface area contributed by atoms with Crippen molar-refractivity contribution >= 4 is 0 Å². The third kappa shape index (κ3) is 2.47. The summed E-state index contributed by atoms with van der Waals surface area (Å²) in [6.45, 7) is 1.76. The quantitative estimate of drug-likeness (QED) is 0.932. The van der Waals surface area contributed by atoms with Crippen molar-refractivity contribution in [3.05, 3.63) is 59.4 Å². The minimum absolute atomic E-state index is 0.182. The molecule has 0 saturated carbocycles. The fraction of sp³-hybridized carbons (Fsp3) is 0.250. The van der Waals surface area contributed by atoms with E-state index in [1.165, 1.54) is 7.11 Å². The predicted molar refractivity (Wildman–Crippen MR) is 76.6 cm³/mol. The van der Waals surface area contributed by atoms with E-state index in [0.717, 1.165) is 5.56 Å². The van der Waals surface area contributed by atoms with Crippen molar-refractivity contribution in [1.82, 2.24) is 0 Å². The van der Waals surface area contributed by atoms with Gasteiger partial charge in [0, 0.05) is 5.56 Å². The Morgan fingerprint density at radius 2 is 1.75 bits per heavy atom. The SMILES string of the molecule is COc1cccc(C(C)(N)c2cccc(OC)c2F)c1. The van der Waals surface area contributed by atoms with E-state index in [0.29, 0.717) is 11.3 Å². The number of rotatable bonds is 4. The van der Waals surface area contributed by atoms with Gasteiger partial charge in [0.2, 0.25) is 0 Å². The van der Waals surface area contributed by atoms with E-state index >= 15 is 0 Å². The van der Waals surface area contributed by atoms with Gasteiger partial charge < -0.3 is 15.2 Å². The summed E-state index contributed by atoms with van der Waals surface area (Å²) in [5, 5.41) is 0. The second-order valence-electron chi connectivity index (χ2n) is 4.76. The summed E-state index contributed by atoms with van der Waals surface area (Å²) in [6, 6.07) is 12.3. The molecule has 0 radical (unpaired) electrons. The Kier molecular flexibility index (Phi) is 3.95. The highest BCUT2D eigenvalue weighted by atomic mass is 19.1. The molecule has 2 rings (SSSR count). The molecule has 0 spiro atoms. The second-order valence-corrected chi connectivity index (χ2v) is 4.76. The van der Waals surface area contributed by atoms with E-state index in [4.69, 9.17) is 15.2 Å². The van der Waals surface area contributed by atoms with Crippen molar-refractivity contribution in [3.63, 3.8) is 0 Å². The fourth-order valence-corrected chi connectivity index (χ4v) is 2.17. The highest BCUT2D eigenvalue weighted by molar-refractivity contribution is 5.44. The van der Waals surface area contributed by atoms with Crippen LogP contribution in [0, 0.1) is 5.82 Å². The highest BCUT2D eigenvalue weighted by Crippen LogP contribution is 2.33. The Bertz CT molecular complexity index is 611. The van der Waals surface area contributed by atoms with E-state index in [-0.39, 0.29) is 5.75 Å². The molecule has 1 atom stereocenters. The van der Waals surface area contributed by atoms with Gasteiger partial charge in [0.05, 0.1) is 19.8 Å². The van der Waals surface area contributed by atoms with Gasteiger partial charge in [-0.2, -0.15) is 0 Å². The molecule has 0 heterocycles. The van der Waals surface area contributed by atoms with Crippen molar-refractivity contribution in [2.75, 3.05) is 14.2 Å². The van der Waals surface area contributed by atoms with Crippen LogP contribution in [0.1, 0.15) is 18.1 Å². The number of halogens is 1. The first-order valence-corrected chi connectivity index (χ1v) is 6.27. The third-order valence-electron chi connectivity index (χ3n) is 3.41. The van der Waals surface area contributed by atoms with Gasteiger partial charge in [0.15, 0.2) is 11.6 Å². The van der Waals surface area contributed by atoms with Crippen molar-refractivity contribution in [3.8, 4) is 11.5 Å². The van der Waals surface area contributed by atoms with Crippen LogP contribution in [0.25, 0.3) is 0 Å². The molecule has 106 valence electrons. The number of hydrogen-bond donors (Lipinski definition) is 1. The van der Waals surface area contributed by atoms with Crippen molar-refractivity contribution < 1.29 is 13.9 Å². The molecule has 1 unspecified atom stereocenters. The van der Waals surface area contributed by atoms with E-state index in [9.17, 15) is 4.39 Å². The molecule has 2 aromatic rings. The van der Waals surface area contributed by atoms with Gasteiger partial charge in [-0.15, -0.1) is 0 Å². The molecule has 0 bridgehead atoms. The predicted octanol–water partition coefficient (Wildman–Crippen LogP) is 3.07. The standard InChI is InChI=1S/C16H18FNO2/c1-16(18,11-6-4-7-12(10-11)19-2)13-8-5-9-14(20-3)15(13)17/h4-10H,18H2,1-3H3. The number of methoxy groups -OCH3 is 2. The normalized spacial score (nSPS) is 13.7. The first-order chi connectivity index (χ1) is 9.50. The molecular weight excluding hydrogens is 257 g/mol. The number of ether oxygens (including phenoxy) is 2. The van der Waals surface area contributed by atoms with Gasteiger partial charge in [-0.05, 0) is 30.7 Å². The summed E-state index contributed by atoms with van der Waals surface area (Å²) in [5.74, 6) is 0.423. The number of hydrogen-bond acceptors (Lipinski definition) is 3. The van der Waals surface area contributed by atoms with Crippen LogP contribution in [0.3, 0.4) is 0 Å². The first-order valence-electron chi connectivity index (χ1n) is 6.27. The van der Waals surface area contributed by atoms with E-state index in [1.807, 2.05) is 18.2 Å². The van der Waals surface area contributed by atoms with Crippen LogP contribution in [0.15, 0.2) is 42.5 Å². The first kappa shape index (κ1) is 14.3. The Morgan fingerprint density at radius 3 is 2.40 bits per heavy atom. The molecule has 2 N–H and O–H groups in total. The molecule has 0 aliphatic rings. The lowest BCUT2D eigenvalue weighted by Gasteiger charge is -2.27. The van der Waals surface area contributed by atoms with E-state index in [1.54, 1.807) is 38.3 Å². The van der Waals surface area contributed by atoms with Crippen molar-refractivity contribution in [2.45, 2.75) is 12.5 Å². The molecule has 0 amide bonds. The van der Waals surface area contributed by atoms with Gasteiger partial charge in [-0.25, -0.2) is 4.39 Å². The Balaban J connectivity index is 2.54. The zero-order valence-corrected chi connectivity index (χ0v) is 11.8. The van der Waals surface area contributed by atoms with Crippen LogP contribution in [-0.2, 0) is 5.54 Å². The molecule has 0 saturated heterocycles. The highest BCUT2D eigenvalue weighted by Gasteiger charge is 2.28. The van der Waals surface area contributed by atoms with Gasteiger partial charge >= 0.3 is 0 Å². The average Bonchev–Trinajstić information content (AvgIpc) is 2.47. The maximum Gasteiger partial charge on any atom is 0.170 e. The molecule has 3 nitrogen and oxygen atoms in total. The summed E-state index contributed by atoms with van der Waals surface area (Å²) < 4.78 is 24.6.